The van der Waals surface area contributed by atoms with Crippen molar-refractivity contribution in [2.75, 3.05) is 0 Å². The van der Waals surface area contributed by atoms with E-state index in [-0.39, 0.29) is 22.6 Å². The van der Waals surface area contributed by atoms with Gasteiger partial charge in [0.1, 0.15) is 4.99 Å². The summed E-state index contributed by atoms with van der Waals surface area (Å²) >= 11 is 4.88. The molecule has 1 saturated carbocycles. The molecule has 1 aliphatic carbocycles. The quantitative estimate of drug-likeness (QED) is 0.814. The van der Waals surface area contributed by atoms with E-state index in [0.717, 1.165) is 11.1 Å². The summed E-state index contributed by atoms with van der Waals surface area (Å²) in [4.78, 5) is 0.309. The Kier molecular flexibility index (Phi) is 3.93. The van der Waals surface area contributed by atoms with E-state index in [2.05, 4.69) is 32.4 Å². The van der Waals surface area contributed by atoms with E-state index in [4.69, 9.17) is 18.0 Å². The highest BCUT2D eigenvalue weighted by atomic mass is 32.2. The standard InChI is InChI=1S/C15H22N2O2S2/c1-14(2)13(15(14,3)4)17-21(18,19)9-10-5-7-11(8-6-10)12(16)20/h5-8,13,17H,9H2,1-4H3,(H2,16,20). The molecule has 116 valence electrons. The van der Waals surface area contributed by atoms with Crippen molar-refractivity contribution in [3.63, 3.8) is 0 Å². The average molecular weight is 326 g/mol. The Morgan fingerprint density at radius 1 is 1.19 bits per heavy atom. The predicted octanol–water partition coefficient (Wildman–Crippen LogP) is 2.17. The zero-order valence-electron chi connectivity index (χ0n) is 12.8. The Morgan fingerprint density at radius 3 is 2.05 bits per heavy atom. The van der Waals surface area contributed by atoms with E-state index in [1.54, 1.807) is 24.3 Å². The molecule has 0 bridgehead atoms. The molecule has 0 amide bonds. The molecule has 21 heavy (non-hydrogen) atoms. The summed E-state index contributed by atoms with van der Waals surface area (Å²) in [5, 5.41) is 0. The first-order chi connectivity index (χ1) is 9.47. The maximum atomic E-state index is 12.3. The van der Waals surface area contributed by atoms with Crippen LogP contribution in [0.3, 0.4) is 0 Å². The summed E-state index contributed by atoms with van der Waals surface area (Å²) in [5.74, 6) is -0.0345. The fraction of sp³-hybridized carbons (Fsp3) is 0.533. The summed E-state index contributed by atoms with van der Waals surface area (Å²) in [5.41, 5.74) is 6.95. The van der Waals surface area contributed by atoms with Crippen LogP contribution in [0.4, 0.5) is 0 Å². The highest BCUT2D eigenvalue weighted by molar-refractivity contribution is 7.88. The SMILES string of the molecule is CC1(C)C(NS(=O)(=O)Cc2ccc(C(N)=S)cc2)C1(C)C. The lowest BCUT2D eigenvalue weighted by Crippen LogP contribution is -2.31. The molecule has 0 saturated heterocycles. The molecule has 0 heterocycles. The molecule has 2 rings (SSSR count). The fourth-order valence-corrected chi connectivity index (χ4v) is 4.50. The van der Waals surface area contributed by atoms with Crippen LogP contribution in [0.5, 0.6) is 0 Å². The first-order valence-electron chi connectivity index (χ1n) is 6.86. The van der Waals surface area contributed by atoms with Crippen molar-refractivity contribution >= 4 is 27.2 Å². The van der Waals surface area contributed by atoms with Crippen molar-refractivity contribution < 1.29 is 8.42 Å². The molecular weight excluding hydrogens is 304 g/mol. The molecule has 0 aromatic heterocycles. The topological polar surface area (TPSA) is 72.2 Å². The third-order valence-electron chi connectivity index (χ3n) is 4.91. The fourth-order valence-electron chi connectivity index (χ4n) is 2.70. The van der Waals surface area contributed by atoms with E-state index in [1.165, 1.54) is 0 Å². The highest BCUT2D eigenvalue weighted by Gasteiger charge is 2.65. The van der Waals surface area contributed by atoms with Gasteiger partial charge < -0.3 is 5.73 Å². The minimum Gasteiger partial charge on any atom is -0.389 e. The number of nitrogens with one attached hydrogen (secondary N) is 1. The molecule has 1 fully saturated rings. The summed E-state index contributed by atoms with van der Waals surface area (Å²) in [6.45, 7) is 8.32. The first kappa shape index (κ1) is 16.4. The summed E-state index contributed by atoms with van der Waals surface area (Å²) in [6.07, 6.45) is 0. The van der Waals surface area contributed by atoms with Gasteiger partial charge in [-0.25, -0.2) is 13.1 Å². The van der Waals surface area contributed by atoms with Crippen molar-refractivity contribution in [3.05, 3.63) is 35.4 Å². The Morgan fingerprint density at radius 2 is 1.67 bits per heavy atom. The summed E-state index contributed by atoms with van der Waals surface area (Å²) in [6, 6.07) is 6.97. The number of thiocarbonyl (C=S) groups is 1. The Balaban J connectivity index is 2.07. The van der Waals surface area contributed by atoms with Crippen LogP contribution in [0.25, 0.3) is 0 Å². The van der Waals surface area contributed by atoms with Gasteiger partial charge in [-0.3, -0.25) is 0 Å². The van der Waals surface area contributed by atoms with Crippen LogP contribution in [0.15, 0.2) is 24.3 Å². The van der Waals surface area contributed by atoms with Crippen LogP contribution in [0, 0.1) is 10.8 Å². The molecule has 4 nitrogen and oxygen atoms in total. The van der Waals surface area contributed by atoms with Crippen LogP contribution in [-0.4, -0.2) is 19.4 Å². The number of hydrogen-bond acceptors (Lipinski definition) is 3. The van der Waals surface area contributed by atoms with Gasteiger partial charge in [0.2, 0.25) is 10.0 Å². The summed E-state index contributed by atoms with van der Waals surface area (Å²) in [7, 11) is -3.36. The maximum Gasteiger partial charge on any atom is 0.216 e. The highest BCUT2D eigenvalue weighted by Crippen LogP contribution is 2.62. The number of hydrogen-bond donors (Lipinski definition) is 2. The number of nitrogens with two attached hydrogens (primary N) is 1. The van der Waals surface area contributed by atoms with Crippen LogP contribution < -0.4 is 10.5 Å². The molecule has 0 aliphatic heterocycles. The second kappa shape index (κ2) is 5.04. The second-order valence-electron chi connectivity index (χ2n) is 6.81. The number of sulfonamides is 1. The molecule has 1 aliphatic rings. The van der Waals surface area contributed by atoms with Crippen LogP contribution in [-0.2, 0) is 15.8 Å². The van der Waals surface area contributed by atoms with Gasteiger partial charge in [0.15, 0.2) is 0 Å². The second-order valence-corrected chi connectivity index (χ2v) is 9.01. The van der Waals surface area contributed by atoms with E-state index in [9.17, 15) is 8.42 Å². The van der Waals surface area contributed by atoms with Crippen LogP contribution in [0.1, 0.15) is 38.8 Å². The van der Waals surface area contributed by atoms with Crippen LogP contribution >= 0.6 is 12.2 Å². The van der Waals surface area contributed by atoms with Crippen molar-refractivity contribution in [2.24, 2.45) is 16.6 Å². The van der Waals surface area contributed by atoms with Gasteiger partial charge in [-0.1, -0.05) is 64.2 Å². The smallest absolute Gasteiger partial charge is 0.216 e. The van der Waals surface area contributed by atoms with Crippen molar-refractivity contribution in [1.29, 1.82) is 0 Å². The van der Waals surface area contributed by atoms with Crippen molar-refractivity contribution in [1.82, 2.24) is 4.72 Å². The molecule has 1 aromatic carbocycles. The molecular formula is C15H22N2O2S2. The molecule has 0 radical (unpaired) electrons. The Hall–Kier alpha value is -0.980. The van der Waals surface area contributed by atoms with Gasteiger partial charge in [-0.05, 0) is 16.4 Å². The molecule has 0 spiro atoms. The van der Waals surface area contributed by atoms with Gasteiger partial charge in [0.25, 0.3) is 0 Å². The maximum absolute atomic E-state index is 12.3. The normalized spacial score (nSPS) is 20.2. The predicted molar refractivity (Wildman–Crippen MR) is 89.4 cm³/mol. The minimum absolute atomic E-state index is 0.0182. The first-order valence-corrected chi connectivity index (χ1v) is 8.92. The zero-order valence-corrected chi connectivity index (χ0v) is 14.4. The van der Waals surface area contributed by atoms with Gasteiger partial charge in [-0.2, -0.15) is 0 Å². The lowest BCUT2D eigenvalue weighted by molar-refractivity contribution is 0.457. The zero-order chi connectivity index (χ0) is 16.1. The minimum atomic E-state index is -3.36. The average Bonchev–Trinajstić information content (AvgIpc) is 2.71. The molecule has 0 unspecified atom stereocenters. The Bertz CT molecular complexity index is 647. The van der Waals surface area contributed by atoms with E-state index in [1.807, 2.05) is 0 Å². The largest absolute Gasteiger partial charge is 0.389 e. The van der Waals surface area contributed by atoms with Gasteiger partial charge in [0, 0.05) is 11.6 Å². The molecule has 3 N–H and O–H groups in total. The lowest BCUT2D eigenvalue weighted by Gasteiger charge is -2.09. The van der Waals surface area contributed by atoms with E-state index in [0.29, 0.717) is 4.99 Å². The van der Waals surface area contributed by atoms with Gasteiger partial charge >= 0.3 is 0 Å². The Labute approximate surface area is 132 Å². The monoisotopic (exact) mass is 326 g/mol. The number of rotatable bonds is 5. The molecule has 6 heteroatoms. The molecule has 1 aromatic rings. The summed E-state index contributed by atoms with van der Waals surface area (Å²) < 4.78 is 27.4. The van der Waals surface area contributed by atoms with Crippen molar-refractivity contribution in [3.8, 4) is 0 Å². The van der Waals surface area contributed by atoms with E-state index >= 15 is 0 Å². The number of benzene rings is 1. The van der Waals surface area contributed by atoms with Crippen molar-refractivity contribution in [2.45, 2.75) is 39.5 Å². The molecule has 0 atom stereocenters. The third kappa shape index (κ3) is 3.12. The lowest BCUT2D eigenvalue weighted by atomic mass is 10.0. The van der Waals surface area contributed by atoms with Gasteiger partial charge in [-0.15, -0.1) is 0 Å². The third-order valence-corrected chi connectivity index (χ3v) is 6.46. The van der Waals surface area contributed by atoms with Crippen LogP contribution in [0.2, 0.25) is 0 Å². The van der Waals surface area contributed by atoms with E-state index < -0.39 is 10.0 Å². The van der Waals surface area contributed by atoms with Gasteiger partial charge in [0.05, 0.1) is 5.75 Å².